The molecule has 1 aromatic carbocycles. The van der Waals surface area contributed by atoms with Gasteiger partial charge in [0.2, 0.25) is 0 Å². The molecule has 0 saturated carbocycles. The number of aliphatic hydroxyl groups is 2. The Labute approximate surface area is 77.8 Å². The smallest absolute Gasteiger partial charge is 0.107 e. The molecule has 0 aliphatic rings. The van der Waals surface area contributed by atoms with E-state index in [1.165, 1.54) is 0 Å². The number of hydrogen-bond donors (Lipinski definition) is 3. The van der Waals surface area contributed by atoms with E-state index in [2.05, 4.69) is 0 Å². The van der Waals surface area contributed by atoms with Crippen molar-refractivity contribution in [2.45, 2.75) is 25.6 Å². The Bertz CT molecular complexity index is 274. The molecule has 0 saturated heterocycles. The predicted octanol–water partition coefficient (Wildman–Crippen LogP) is 1.07. The van der Waals surface area contributed by atoms with Gasteiger partial charge in [-0.3, -0.25) is 0 Å². The first-order valence-electron chi connectivity index (χ1n) is 4.17. The number of aliphatic hydroxyl groups excluding tert-OH is 1. The Morgan fingerprint density at radius 2 is 1.69 bits per heavy atom. The normalized spacial score (nSPS) is 14.2. The molecular formula is C10H15NO2. The van der Waals surface area contributed by atoms with Crippen LogP contribution in [0.5, 0.6) is 0 Å². The summed E-state index contributed by atoms with van der Waals surface area (Å²) in [5, 5.41) is 19.2. The van der Waals surface area contributed by atoms with E-state index >= 15 is 0 Å². The van der Waals surface area contributed by atoms with E-state index in [1.54, 1.807) is 38.1 Å². The molecule has 0 fully saturated rings. The highest BCUT2D eigenvalue weighted by Gasteiger charge is 2.25. The maximum atomic E-state index is 9.66. The highest BCUT2D eigenvalue weighted by molar-refractivity contribution is 5.40. The molecule has 0 amide bonds. The molecule has 0 aliphatic carbocycles. The van der Waals surface area contributed by atoms with Crippen LogP contribution in [0.4, 0.5) is 5.69 Å². The summed E-state index contributed by atoms with van der Waals surface area (Å²) in [6.45, 7) is 3.13. The van der Waals surface area contributed by atoms with Gasteiger partial charge in [-0.25, -0.2) is 0 Å². The maximum Gasteiger partial charge on any atom is 0.107 e. The van der Waals surface area contributed by atoms with Gasteiger partial charge in [0.1, 0.15) is 6.10 Å². The first-order chi connectivity index (χ1) is 5.91. The van der Waals surface area contributed by atoms with Crippen molar-refractivity contribution in [1.29, 1.82) is 0 Å². The van der Waals surface area contributed by atoms with Crippen LogP contribution in [0.2, 0.25) is 0 Å². The molecule has 0 aromatic heterocycles. The molecule has 0 radical (unpaired) electrons. The lowest BCUT2D eigenvalue weighted by Crippen LogP contribution is -2.28. The number of hydrogen-bond acceptors (Lipinski definition) is 3. The number of nitrogen functional groups attached to an aromatic ring is 1. The van der Waals surface area contributed by atoms with Gasteiger partial charge in [0.25, 0.3) is 0 Å². The van der Waals surface area contributed by atoms with E-state index in [-0.39, 0.29) is 0 Å². The Balaban J connectivity index is 2.90. The number of nitrogens with two attached hydrogens (primary N) is 1. The molecule has 0 heterocycles. The minimum absolute atomic E-state index is 0.645. The molecule has 3 heteroatoms. The van der Waals surface area contributed by atoms with E-state index < -0.39 is 11.7 Å². The van der Waals surface area contributed by atoms with Crippen LogP contribution in [-0.2, 0) is 0 Å². The van der Waals surface area contributed by atoms with Gasteiger partial charge in [0, 0.05) is 5.69 Å². The predicted molar refractivity (Wildman–Crippen MR) is 52.1 cm³/mol. The molecule has 0 aliphatic heterocycles. The molecule has 1 atom stereocenters. The fraction of sp³-hybridized carbons (Fsp3) is 0.400. The zero-order valence-corrected chi connectivity index (χ0v) is 7.86. The summed E-state index contributed by atoms with van der Waals surface area (Å²) in [7, 11) is 0. The third-order valence-corrected chi connectivity index (χ3v) is 1.92. The lowest BCUT2D eigenvalue weighted by molar-refractivity contribution is -0.0496. The Morgan fingerprint density at radius 1 is 1.23 bits per heavy atom. The summed E-state index contributed by atoms with van der Waals surface area (Å²) in [5.41, 5.74) is 5.68. The summed E-state index contributed by atoms with van der Waals surface area (Å²) < 4.78 is 0. The van der Waals surface area contributed by atoms with Gasteiger partial charge >= 0.3 is 0 Å². The van der Waals surface area contributed by atoms with Crippen molar-refractivity contribution in [2.75, 3.05) is 5.73 Å². The first-order valence-corrected chi connectivity index (χ1v) is 4.17. The van der Waals surface area contributed by atoms with E-state index in [1.807, 2.05) is 0 Å². The minimum atomic E-state index is -1.13. The summed E-state index contributed by atoms with van der Waals surface area (Å²) in [5.74, 6) is 0. The standard InChI is InChI=1S/C10H15NO2/c1-10(2,13)9(12)7-3-5-8(11)6-4-7/h3-6,9,12-13H,11H2,1-2H3. The second-order valence-corrected chi connectivity index (χ2v) is 3.72. The van der Waals surface area contributed by atoms with Crippen LogP contribution in [0, 0.1) is 0 Å². The van der Waals surface area contributed by atoms with Crippen molar-refractivity contribution in [3.8, 4) is 0 Å². The molecule has 4 N–H and O–H groups in total. The molecular weight excluding hydrogens is 166 g/mol. The molecule has 1 rings (SSSR count). The summed E-state index contributed by atoms with van der Waals surface area (Å²) in [6, 6.07) is 6.81. The van der Waals surface area contributed by atoms with Crippen LogP contribution in [0.25, 0.3) is 0 Å². The fourth-order valence-corrected chi connectivity index (χ4v) is 1.09. The average Bonchev–Trinajstić information content (AvgIpc) is 2.03. The Hall–Kier alpha value is -1.06. The summed E-state index contributed by atoms with van der Waals surface area (Å²) in [6.07, 6.45) is -0.881. The zero-order valence-electron chi connectivity index (χ0n) is 7.86. The van der Waals surface area contributed by atoms with Crippen molar-refractivity contribution >= 4 is 5.69 Å². The maximum absolute atomic E-state index is 9.66. The average molecular weight is 181 g/mol. The zero-order chi connectivity index (χ0) is 10.1. The molecule has 1 aromatic rings. The molecule has 72 valence electrons. The SMILES string of the molecule is CC(C)(O)C(O)c1ccc(N)cc1. The van der Waals surface area contributed by atoms with Crippen molar-refractivity contribution in [1.82, 2.24) is 0 Å². The van der Waals surface area contributed by atoms with E-state index in [0.29, 0.717) is 11.3 Å². The lowest BCUT2D eigenvalue weighted by atomic mass is 9.95. The largest absolute Gasteiger partial charge is 0.399 e. The molecule has 1 unspecified atom stereocenters. The molecule has 0 bridgehead atoms. The van der Waals surface area contributed by atoms with Crippen molar-refractivity contribution in [3.63, 3.8) is 0 Å². The van der Waals surface area contributed by atoms with Crippen molar-refractivity contribution in [2.24, 2.45) is 0 Å². The third-order valence-electron chi connectivity index (χ3n) is 1.92. The molecule has 0 spiro atoms. The fourth-order valence-electron chi connectivity index (χ4n) is 1.09. The van der Waals surface area contributed by atoms with Crippen molar-refractivity contribution < 1.29 is 10.2 Å². The van der Waals surface area contributed by atoms with Gasteiger partial charge in [-0.05, 0) is 31.5 Å². The quantitative estimate of drug-likeness (QED) is 0.598. The van der Waals surface area contributed by atoms with Crippen LogP contribution in [0.1, 0.15) is 25.5 Å². The molecule has 13 heavy (non-hydrogen) atoms. The van der Waals surface area contributed by atoms with E-state index in [9.17, 15) is 10.2 Å². The summed E-state index contributed by atoms with van der Waals surface area (Å²) in [4.78, 5) is 0. The van der Waals surface area contributed by atoms with Crippen LogP contribution >= 0.6 is 0 Å². The minimum Gasteiger partial charge on any atom is -0.399 e. The molecule has 3 nitrogen and oxygen atoms in total. The Kier molecular flexibility index (Phi) is 2.59. The van der Waals surface area contributed by atoms with Gasteiger partial charge in [-0.15, -0.1) is 0 Å². The van der Waals surface area contributed by atoms with Crippen molar-refractivity contribution in [3.05, 3.63) is 29.8 Å². The first kappa shape index (κ1) is 10.0. The lowest BCUT2D eigenvalue weighted by Gasteiger charge is -2.24. The second kappa shape index (κ2) is 3.36. The van der Waals surface area contributed by atoms with E-state index in [4.69, 9.17) is 5.73 Å². The highest BCUT2D eigenvalue weighted by Crippen LogP contribution is 2.25. The monoisotopic (exact) mass is 181 g/mol. The van der Waals surface area contributed by atoms with Gasteiger partial charge in [-0.1, -0.05) is 12.1 Å². The van der Waals surface area contributed by atoms with Crippen LogP contribution in [0.3, 0.4) is 0 Å². The van der Waals surface area contributed by atoms with Gasteiger partial charge in [-0.2, -0.15) is 0 Å². The van der Waals surface area contributed by atoms with Gasteiger partial charge in [0.05, 0.1) is 5.60 Å². The number of anilines is 1. The van der Waals surface area contributed by atoms with Gasteiger partial charge < -0.3 is 15.9 Å². The summed E-state index contributed by atoms with van der Waals surface area (Å²) >= 11 is 0. The Morgan fingerprint density at radius 3 is 2.08 bits per heavy atom. The number of rotatable bonds is 2. The third kappa shape index (κ3) is 2.44. The van der Waals surface area contributed by atoms with Crippen LogP contribution in [0.15, 0.2) is 24.3 Å². The van der Waals surface area contributed by atoms with Crippen LogP contribution < -0.4 is 5.73 Å². The van der Waals surface area contributed by atoms with E-state index in [0.717, 1.165) is 0 Å². The second-order valence-electron chi connectivity index (χ2n) is 3.72. The highest BCUT2D eigenvalue weighted by atomic mass is 16.3. The van der Waals surface area contributed by atoms with Gasteiger partial charge in [0.15, 0.2) is 0 Å². The number of benzene rings is 1. The van der Waals surface area contributed by atoms with Crippen LogP contribution in [-0.4, -0.2) is 15.8 Å². The topological polar surface area (TPSA) is 66.5 Å².